The van der Waals surface area contributed by atoms with Gasteiger partial charge in [0.1, 0.15) is 0 Å². The molecule has 0 amide bonds. The van der Waals surface area contributed by atoms with Crippen molar-refractivity contribution in [2.45, 2.75) is 46.6 Å². The van der Waals surface area contributed by atoms with Gasteiger partial charge in [-0.25, -0.2) is 0 Å². The van der Waals surface area contributed by atoms with Crippen LogP contribution in [0.3, 0.4) is 0 Å². The zero-order valence-corrected chi connectivity index (χ0v) is 10.1. The Balaban J connectivity index is 2.45. The summed E-state index contributed by atoms with van der Waals surface area (Å²) in [5.74, 6) is 0.563. The second-order valence-corrected chi connectivity index (χ2v) is 5.11. The summed E-state index contributed by atoms with van der Waals surface area (Å²) >= 11 is 0. The first-order chi connectivity index (χ1) is 6.89. The molecule has 0 bridgehead atoms. The van der Waals surface area contributed by atoms with Gasteiger partial charge in [-0.2, -0.15) is 0 Å². The molecule has 1 aliphatic carbocycles. The van der Waals surface area contributed by atoms with Crippen molar-refractivity contribution in [2.24, 2.45) is 17.3 Å². The highest BCUT2D eigenvalue weighted by atomic mass is 16.5. The van der Waals surface area contributed by atoms with Gasteiger partial charge in [-0.1, -0.05) is 13.8 Å². The van der Waals surface area contributed by atoms with Gasteiger partial charge in [0.2, 0.25) is 0 Å². The normalized spacial score (nSPS) is 30.5. The van der Waals surface area contributed by atoms with Crippen LogP contribution in [-0.4, -0.2) is 23.8 Å². The van der Waals surface area contributed by atoms with E-state index in [0.717, 1.165) is 6.42 Å². The standard InChI is InChI=1S/C12H22O3/c1-5-15-11(14)7-9-6-10(8(2)13)12(9,3)4/h8-10,13H,5-7H2,1-4H3. The highest BCUT2D eigenvalue weighted by molar-refractivity contribution is 5.70. The SMILES string of the molecule is CCOC(=O)CC1CC(C(C)O)C1(C)C. The van der Waals surface area contributed by atoms with Crippen LogP contribution in [0.2, 0.25) is 0 Å². The molecule has 3 atom stereocenters. The molecular formula is C12H22O3. The molecule has 15 heavy (non-hydrogen) atoms. The van der Waals surface area contributed by atoms with E-state index < -0.39 is 0 Å². The van der Waals surface area contributed by atoms with Crippen molar-refractivity contribution in [1.82, 2.24) is 0 Å². The van der Waals surface area contributed by atoms with Gasteiger partial charge in [-0.05, 0) is 37.5 Å². The van der Waals surface area contributed by atoms with Crippen molar-refractivity contribution < 1.29 is 14.6 Å². The van der Waals surface area contributed by atoms with Crippen molar-refractivity contribution in [3.63, 3.8) is 0 Å². The maximum absolute atomic E-state index is 11.3. The third kappa shape index (κ3) is 2.51. The molecule has 0 saturated heterocycles. The minimum atomic E-state index is -0.279. The molecule has 1 aliphatic rings. The minimum Gasteiger partial charge on any atom is -0.466 e. The molecule has 1 saturated carbocycles. The lowest BCUT2D eigenvalue weighted by atomic mass is 9.52. The van der Waals surface area contributed by atoms with Crippen molar-refractivity contribution in [2.75, 3.05) is 6.61 Å². The topological polar surface area (TPSA) is 46.5 Å². The quantitative estimate of drug-likeness (QED) is 0.728. The predicted octanol–water partition coefficient (Wildman–Crippen LogP) is 1.98. The number of aliphatic hydroxyl groups excluding tert-OH is 1. The molecule has 3 unspecified atom stereocenters. The third-order valence-corrected chi connectivity index (χ3v) is 3.85. The van der Waals surface area contributed by atoms with Gasteiger partial charge in [-0.15, -0.1) is 0 Å². The fourth-order valence-corrected chi connectivity index (χ4v) is 2.64. The molecule has 3 nitrogen and oxygen atoms in total. The molecule has 0 spiro atoms. The highest BCUT2D eigenvalue weighted by Crippen LogP contribution is 2.54. The molecule has 1 fully saturated rings. The first-order valence-electron chi connectivity index (χ1n) is 5.73. The van der Waals surface area contributed by atoms with Crippen LogP contribution in [-0.2, 0) is 9.53 Å². The second-order valence-electron chi connectivity index (χ2n) is 5.11. The van der Waals surface area contributed by atoms with E-state index in [9.17, 15) is 9.90 Å². The second kappa shape index (κ2) is 4.52. The first-order valence-corrected chi connectivity index (χ1v) is 5.73. The van der Waals surface area contributed by atoms with Crippen molar-refractivity contribution in [3.05, 3.63) is 0 Å². The van der Waals surface area contributed by atoms with E-state index in [-0.39, 0.29) is 17.5 Å². The van der Waals surface area contributed by atoms with Crippen LogP contribution in [0.15, 0.2) is 0 Å². The van der Waals surface area contributed by atoms with Crippen LogP contribution in [0.4, 0.5) is 0 Å². The number of carbonyl (C=O) groups is 1. The van der Waals surface area contributed by atoms with Gasteiger partial charge >= 0.3 is 5.97 Å². The molecular weight excluding hydrogens is 192 g/mol. The summed E-state index contributed by atoms with van der Waals surface area (Å²) in [7, 11) is 0. The monoisotopic (exact) mass is 214 g/mol. The van der Waals surface area contributed by atoms with Gasteiger partial charge in [0.25, 0.3) is 0 Å². The number of rotatable bonds is 4. The Kier molecular flexibility index (Phi) is 3.77. The predicted molar refractivity (Wildman–Crippen MR) is 58.3 cm³/mol. The van der Waals surface area contributed by atoms with Gasteiger partial charge < -0.3 is 9.84 Å². The molecule has 1 N–H and O–H groups in total. The molecule has 0 aliphatic heterocycles. The fraction of sp³-hybridized carbons (Fsp3) is 0.917. The summed E-state index contributed by atoms with van der Waals surface area (Å²) in [5.41, 5.74) is 0.0565. The van der Waals surface area contributed by atoms with Gasteiger partial charge in [0.15, 0.2) is 0 Å². The summed E-state index contributed by atoms with van der Waals surface area (Å²) in [6.07, 6.45) is 1.14. The van der Waals surface area contributed by atoms with Crippen LogP contribution >= 0.6 is 0 Å². The van der Waals surface area contributed by atoms with E-state index in [1.807, 2.05) is 13.8 Å². The number of aliphatic hydroxyl groups is 1. The fourth-order valence-electron chi connectivity index (χ4n) is 2.64. The number of hydrogen-bond acceptors (Lipinski definition) is 3. The Hall–Kier alpha value is -0.570. The number of hydrogen-bond donors (Lipinski definition) is 1. The number of ether oxygens (including phenoxy) is 1. The molecule has 0 heterocycles. The third-order valence-electron chi connectivity index (χ3n) is 3.85. The molecule has 0 aromatic rings. The Morgan fingerprint density at radius 3 is 2.60 bits per heavy atom. The Bertz CT molecular complexity index is 233. The maximum atomic E-state index is 11.3. The molecule has 0 radical (unpaired) electrons. The zero-order valence-electron chi connectivity index (χ0n) is 10.1. The van der Waals surface area contributed by atoms with Crippen molar-refractivity contribution in [1.29, 1.82) is 0 Å². The molecule has 3 heteroatoms. The summed E-state index contributed by atoms with van der Waals surface area (Å²) in [6, 6.07) is 0. The van der Waals surface area contributed by atoms with Gasteiger partial charge in [0, 0.05) is 6.42 Å². The summed E-state index contributed by atoms with van der Waals surface area (Å²) in [6.45, 7) is 8.34. The maximum Gasteiger partial charge on any atom is 0.306 e. The van der Waals surface area contributed by atoms with E-state index >= 15 is 0 Å². The Morgan fingerprint density at radius 2 is 2.20 bits per heavy atom. The summed E-state index contributed by atoms with van der Waals surface area (Å²) in [4.78, 5) is 11.3. The van der Waals surface area contributed by atoms with Crippen molar-refractivity contribution in [3.8, 4) is 0 Å². The minimum absolute atomic E-state index is 0.0565. The average molecular weight is 214 g/mol. The highest BCUT2D eigenvalue weighted by Gasteiger charge is 2.50. The largest absolute Gasteiger partial charge is 0.466 e. The van der Waals surface area contributed by atoms with E-state index in [0.29, 0.717) is 24.9 Å². The van der Waals surface area contributed by atoms with E-state index in [1.165, 1.54) is 0 Å². The number of esters is 1. The number of carbonyl (C=O) groups excluding carboxylic acids is 1. The van der Waals surface area contributed by atoms with Crippen LogP contribution in [0, 0.1) is 17.3 Å². The lowest BCUT2D eigenvalue weighted by molar-refractivity contribution is -0.153. The smallest absolute Gasteiger partial charge is 0.306 e. The van der Waals surface area contributed by atoms with Gasteiger partial charge in [0.05, 0.1) is 12.7 Å². The molecule has 0 aromatic carbocycles. The van der Waals surface area contributed by atoms with Crippen LogP contribution in [0.5, 0.6) is 0 Å². The van der Waals surface area contributed by atoms with Crippen LogP contribution < -0.4 is 0 Å². The Morgan fingerprint density at radius 1 is 1.60 bits per heavy atom. The first kappa shape index (κ1) is 12.5. The van der Waals surface area contributed by atoms with Crippen molar-refractivity contribution >= 4 is 5.97 Å². The van der Waals surface area contributed by atoms with Crippen LogP contribution in [0.25, 0.3) is 0 Å². The van der Waals surface area contributed by atoms with Crippen LogP contribution in [0.1, 0.15) is 40.5 Å². The van der Waals surface area contributed by atoms with E-state index in [4.69, 9.17) is 4.74 Å². The molecule has 0 aromatic heterocycles. The molecule has 1 rings (SSSR count). The zero-order chi connectivity index (χ0) is 11.6. The Labute approximate surface area is 91.8 Å². The summed E-state index contributed by atoms with van der Waals surface area (Å²) in [5, 5.41) is 9.55. The average Bonchev–Trinajstić information content (AvgIpc) is 2.11. The lowest BCUT2D eigenvalue weighted by Crippen LogP contribution is -2.50. The lowest BCUT2D eigenvalue weighted by Gasteiger charge is -2.53. The molecule has 88 valence electrons. The van der Waals surface area contributed by atoms with Gasteiger partial charge in [-0.3, -0.25) is 4.79 Å². The summed E-state index contributed by atoms with van der Waals surface area (Å²) < 4.78 is 4.94. The van der Waals surface area contributed by atoms with E-state index in [1.54, 1.807) is 0 Å². The van der Waals surface area contributed by atoms with E-state index in [2.05, 4.69) is 13.8 Å².